The van der Waals surface area contributed by atoms with Crippen LogP contribution in [0.1, 0.15) is 45.1 Å². The van der Waals surface area contributed by atoms with Gasteiger partial charge in [0.25, 0.3) is 0 Å². The van der Waals surface area contributed by atoms with E-state index in [2.05, 4.69) is 19.2 Å². The number of benzene rings is 1. The summed E-state index contributed by atoms with van der Waals surface area (Å²) in [6, 6.07) is 2.43. The highest BCUT2D eigenvalue weighted by Crippen LogP contribution is 2.38. The summed E-state index contributed by atoms with van der Waals surface area (Å²) >= 11 is 4.75. The van der Waals surface area contributed by atoms with Gasteiger partial charge in [-0.05, 0) is 30.4 Å². The van der Waals surface area contributed by atoms with Gasteiger partial charge in [0.2, 0.25) is 0 Å². The molecule has 1 aromatic carbocycles. The molecule has 1 aliphatic rings. The van der Waals surface area contributed by atoms with Gasteiger partial charge in [-0.15, -0.1) is 0 Å². The Kier molecular flexibility index (Phi) is 4.28. The molecule has 1 unspecified atom stereocenters. The van der Waals surface area contributed by atoms with E-state index in [-0.39, 0.29) is 27.7 Å². The molecule has 3 N–H and O–H groups in total. The number of hydrogen-bond acceptors (Lipinski definition) is 2. The number of halogens is 2. The monoisotopic (exact) mass is 298 g/mol. The maximum absolute atomic E-state index is 14.1. The number of nitrogens with two attached hydrogens (primary N) is 1. The second-order valence-electron chi connectivity index (χ2n) is 6.11. The molecule has 2 nitrogen and oxygen atoms in total. The fourth-order valence-corrected chi connectivity index (χ4v) is 2.91. The van der Waals surface area contributed by atoms with E-state index in [1.165, 1.54) is 12.1 Å². The molecule has 5 heteroatoms. The Morgan fingerprint density at radius 3 is 2.40 bits per heavy atom. The van der Waals surface area contributed by atoms with Gasteiger partial charge in [0, 0.05) is 11.6 Å². The Balaban J connectivity index is 2.27. The molecule has 1 fully saturated rings. The minimum absolute atomic E-state index is 0.00709. The predicted octanol–water partition coefficient (Wildman–Crippen LogP) is 3.98. The van der Waals surface area contributed by atoms with Crippen LogP contribution in [-0.4, -0.2) is 11.0 Å². The molecule has 0 heterocycles. The topological polar surface area (TPSA) is 38.0 Å². The third kappa shape index (κ3) is 3.08. The van der Waals surface area contributed by atoms with Gasteiger partial charge in [-0.25, -0.2) is 8.78 Å². The average molecular weight is 298 g/mol. The first-order valence-corrected chi connectivity index (χ1v) is 7.27. The van der Waals surface area contributed by atoms with Crippen molar-refractivity contribution in [3.8, 4) is 0 Å². The lowest BCUT2D eigenvalue weighted by atomic mass is 9.73. The van der Waals surface area contributed by atoms with E-state index in [1.54, 1.807) is 0 Å². The van der Waals surface area contributed by atoms with Crippen molar-refractivity contribution in [2.24, 2.45) is 11.1 Å². The van der Waals surface area contributed by atoms with Crippen molar-refractivity contribution in [3.05, 3.63) is 29.3 Å². The fraction of sp³-hybridized carbons (Fsp3) is 0.533. The van der Waals surface area contributed by atoms with Crippen LogP contribution in [0.4, 0.5) is 14.5 Å². The van der Waals surface area contributed by atoms with Crippen LogP contribution in [0.2, 0.25) is 0 Å². The second-order valence-corrected chi connectivity index (χ2v) is 6.55. The number of thiocarbonyl (C=S) groups is 1. The summed E-state index contributed by atoms with van der Waals surface area (Å²) in [7, 11) is 0. The Bertz CT molecular complexity index is 506. The molecule has 1 atom stereocenters. The zero-order valence-electron chi connectivity index (χ0n) is 11.8. The first-order chi connectivity index (χ1) is 9.31. The van der Waals surface area contributed by atoms with Gasteiger partial charge in [-0.3, -0.25) is 0 Å². The van der Waals surface area contributed by atoms with E-state index < -0.39 is 11.6 Å². The highest BCUT2D eigenvalue weighted by molar-refractivity contribution is 7.80. The van der Waals surface area contributed by atoms with E-state index in [0.29, 0.717) is 0 Å². The summed E-state index contributed by atoms with van der Waals surface area (Å²) in [6.07, 6.45) is 4.22. The maximum Gasteiger partial charge on any atom is 0.150 e. The van der Waals surface area contributed by atoms with Crippen LogP contribution in [0.3, 0.4) is 0 Å². The van der Waals surface area contributed by atoms with Gasteiger partial charge in [0.05, 0.1) is 0 Å². The molecule has 1 saturated carbocycles. The van der Waals surface area contributed by atoms with Gasteiger partial charge in [0.1, 0.15) is 22.3 Å². The summed E-state index contributed by atoms with van der Waals surface area (Å²) in [4.78, 5) is -0.00709. The molecule has 0 spiro atoms. The molecular formula is C15H20F2N2S. The van der Waals surface area contributed by atoms with Crippen molar-refractivity contribution in [2.75, 3.05) is 5.32 Å². The Morgan fingerprint density at radius 1 is 1.30 bits per heavy atom. The summed E-state index contributed by atoms with van der Waals surface area (Å²) in [6.45, 7) is 4.26. The summed E-state index contributed by atoms with van der Waals surface area (Å²) in [5.74, 6) is -1.29. The molecule has 0 saturated heterocycles. The quantitative estimate of drug-likeness (QED) is 0.829. The lowest BCUT2D eigenvalue weighted by molar-refractivity contribution is 0.216. The third-order valence-corrected chi connectivity index (χ3v) is 4.39. The first-order valence-electron chi connectivity index (χ1n) is 6.86. The second kappa shape index (κ2) is 5.64. The lowest BCUT2D eigenvalue weighted by Gasteiger charge is -2.39. The van der Waals surface area contributed by atoms with Gasteiger partial charge in [0.15, 0.2) is 0 Å². The van der Waals surface area contributed by atoms with Crippen molar-refractivity contribution in [1.82, 2.24) is 0 Å². The van der Waals surface area contributed by atoms with Gasteiger partial charge >= 0.3 is 0 Å². The van der Waals surface area contributed by atoms with E-state index >= 15 is 0 Å². The fourth-order valence-electron chi connectivity index (χ4n) is 2.79. The van der Waals surface area contributed by atoms with Crippen LogP contribution < -0.4 is 11.1 Å². The Labute approximate surface area is 123 Å². The maximum atomic E-state index is 14.1. The summed E-state index contributed by atoms with van der Waals surface area (Å²) < 4.78 is 28.1. The van der Waals surface area contributed by atoms with Gasteiger partial charge < -0.3 is 11.1 Å². The van der Waals surface area contributed by atoms with Crippen molar-refractivity contribution in [3.63, 3.8) is 0 Å². The highest BCUT2D eigenvalue weighted by atomic mass is 32.1. The Hall–Kier alpha value is -1.23. The van der Waals surface area contributed by atoms with Crippen LogP contribution in [0.25, 0.3) is 0 Å². The Morgan fingerprint density at radius 2 is 1.90 bits per heavy atom. The molecule has 0 radical (unpaired) electrons. The predicted molar refractivity (Wildman–Crippen MR) is 81.9 cm³/mol. The SMILES string of the molecule is CC1(C)CCCCC1Nc1c(F)cc(C(N)=S)cc1F. The number of rotatable bonds is 3. The minimum Gasteiger partial charge on any atom is -0.389 e. The summed E-state index contributed by atoms with van der Waals surface area (Å²) in [5, 5.41) is 3.04. The van der Waals surface area contributed by atoms with Crippen LogP contribution in [0.15, 0.2) is 12.1 Å². The van der Waals surface area contributed by atoms with E-state index in [9.17, 15) is 8.78 Å². The van der Waals surface area contributed by atoms with Crippen LogP contribution in [-0.2, 0) is 0 Å². The van der Waals surface area contributed by atoms with Gasteiger partial charge in [-0.2, -0.15) is 0 Å². The number of anilines is 1. The van der Waals surface area contributed by atoms with Crippen molar-refractivity contribution in [1.29, 1.82) is 0 Å². The molecule has 0 bridgehead atoms. The standard InChI is InChI=1S/C15H20F2N2S/c1-15(2)6-4-3-5-12(15)19-13-10(16)7-9(14(18)20)8-11(13)17/h7-8,12,19H,3-6H2,1-2H3,(H2,18,20). The third-order valence-electron chi connectivity index (χ3n) is 4.15. The number of hydrogen-bond donors (Lipinski definition) is 2. The molecule has 0 aliphatic heterocycles. The zero-order valence-corrected chi connectivity index (χ0v) is 12.6. The molecule has 20 heavy (non-hydrogen) atoms. The van der Waals surface area contributed by atoms with Crippen molar-refractivity contribution in [2.45, 2.75) is 45.6 Å². The molecule has 0 amide bonds. The van der Waals surface area contributed by atoms with Crippen molar-refractivity contribution >= 4 is 22.9 Å². The number of nitrogens with one attached hydrogen (secondary N) is 1. The molecule has 0 aromatic heterocycles. The van der Waals surface area contributed by atoms with E-state index in [1.807, 2.05) is 0 Å². The lowest BCUT2D eigenvalue weighted by Crippen LogP contribution is -2.39. The largest absolute Gasteiger partial charge is 0.389 e. The van der Waals surface area contributed by atoms with Gasteiger partial charge in [-0.1, -0.05) is 38.9 Å². The van der Waals surface area contributed by atoms with Crippen molar-refractivity contribution < 1.29 is 8.78 Å². The molecular weight excluding hydrogens is 278 g/mol. The average Bonchev–Trinajstić information content (AvgIpc) is 2.34. The first kappa shape index (κ1) is 15.2. The van der Waals surface area contributed by atoms with E-state index in [0.717, 1.165) is 25.7 Å². The normalized spacial score (nSPS) is 21.5. The van der Waals surface area contributed by atoms with Crippen LogP contribution in [0, 0.1) is 17.0 Å². The molecule has 2 rings (SSSR count). The van der Waals surface area contributed by atoms with Crippen LogP contribution in [0.5, 0.6) is 0 Å². The van der Waals surface area contributed by atoms with Crippen LogP contribution >= 0.6 is 12.2 Å². The molecule has 110 valence electrons. The molecule has 1 aliphatic carbocycles. The zero-order chi connectivity index (χ0) is 14.9. The summed E-state index contributed by atoms with van der Waals surface area (Å²) in [5.41, 5.74) is 5.57. The minimum atomic E-state index is -0.644. The smallest absolute Gasteiger partial charge is 0.150 e. The van der Waals surface area contributed by atoms with E-state index in [4.69, 9.17) is 18.0 Å². The molecule has 1 aromatic rings. The highest BCUT2D eigenvalue weighted by Gasteiger charge is 2.33.